The third-order valence-corrected chi connectivity index (χ3v) is 3.35. The van der Waals surface area contributed by atoms with Crippen LogP contribution in [0.15, 0.2) is 34.9 Å². The van der Waals surface area contributed by atoms with Crippen LogP contribution in [0.1, 0.15) is 0 Å². The van der Waals surface area contributed by atoms with Gasteiger partial charge in [0.2, 0.25) is 0 Å². The Morgan fingerprint density at radius 1 is 1.24 bits per heavy atom. The van der Waals surface area contributed by atoms with E-state index in [4.69, 9.17) is 9.26 Å². The summed E-state index contributed by atoms with van der Waals surface area (Å²) in [7, 11) is -1.54. The van der Waals surface area contributed by atoms with Crippen LogP contribution in [0.25, 0.3) is 11.3 Å². The number of aromatic nitrogens is 1. The van der Waals surface area contributed by atoms with E-state index < -0.39 is 7.72 Å². The van der Waals surface area contributed by atoms with Crippen LogP contribution in [0.5, 0.6) is 5.75 Å². The topological polar surface area (TPSA) is 75.7 Å². The highest BCUT2D eigenvalue weighted by Gasteiger charge is 2.35. The minimum Gasteiger partial charge on any atom is -0.497 e. The minimum atomic E-state index is -3.14. The highest BCUT2D eigenvalue weighted by atomic mass is 31.2. The van der Waals surface area contributed by atoms with Gasteiger partial charge in [-0.05, 0) is 24.3 Å². The van der Waals surface area contributed by atoms with Gasteiger partial charge in [0, 0.05) is 5.56 Å². The van der Waals surface area contributed by atoms with Crippen LogP contribution in [0.2, 0.25) is 0 Å². The van der Waals surface area contributed by atoms with Gasteiger partial charge in [-0.2, -0.15) is 0 Å². The molecule has 0 spiro atoms. The van der Waals surface area contributed by atoms with Gasteiger partial charge < -0.3 is 9.26 Å². The lowest BCUT2D eigenvalue weighted by molar-refractivity contribution is 0.413. The van der Waals surface area contributed by atoms with Gasteiger partial charge in [-0.15, -0.1) is 0 Å². The van der Waals surface area contributed by atoms with E-state index in [0.29, 0.717) is 5.69 Å². The first kappa shape index (κ1) is 12.0. The van der Waals surface area contributed by atoms with Gasteiger partial charge >= 0.3 is 13.2 Å². The van der Waals surface area contributed by atoms with Gasteiger partial charge in [-0.3, -0.25) is 0 Å². The predicted octanol–water partition coefficient (Wildman–Crippen LogP) is 1.44. The molecule has 17 heavy (non-hydrogen) atoms. The van der Waals surface area contributed by atoms with E-state index in [0.717, 1.165) is 11.3 Å². The lowest BCUT2D eigenvalue weighted by Gasteiger charge is -1.99. The van der Waals surface area contributed by atoms with Gasteiger partial charge in [0.15, 0.2) is 0 Å². The Kier molecular flexibility index (Phi) is 3.15. The van der Waals surface area contributed by atoms with Crippen molar-refractivity contribution >= 4 is 13.2 Å². The fourth-order valence-electron chi connectivity index (χ4n) is 1.36. The van der Waals surface area contributed by atoms with Crippen LogP contribution < -0.4 is 10.2 Å². The highest BCUT2D eigenvalue weighted by molar-refractivity contribution is 7.71. The molecular weight excluding hydrogens is 241 g/mol. The zero-order valence-electron chi connectivity index (χ0n) is 9.49. The van der Waals surface area contributed by atoms with Gasteiger partial charge in [0.25, 0.3) is 0 Å². The van der Waals surface area contributed by atoms with Gasteiger partial charge in [0.05, 0.1) is 13.2 Å². The molecule has 1 aromatic heterocycles. The van der Waals surface area contributed by atoms with Crippen LogP contribution in [-0.2, 0) is 0 Å². The van der Waals surface area contributed by atoms with Gasteiger partial charge in [-0.25, -0.2) is 9.79 Å². The average Bonchev–Trinajstić information content (AvgIpc) is 2.78. The van der Waals surface area contributed by atoms with Crippen molar-refractivity contribution in [2.75, 3.05) is 13.8 Å². The Hall–Kier alpha value is -1.42. The molecule has 0 aliphatic carbocycles. The maximum Gasteiger partial charge on any atom is 0.336 e. The molecule has 0 amide bonds. The molecule has 5 nitrogen and oxygen atoms in total. The van der Waals surface area contributed by atoms with E-state index >= 15 is 0 Å². The van der Waals surface area contributed by atoms with Crippen molar-refractivity contribution in [3.8, 4) is 17.0 Å². The van der Waals surface area contributed by atoms with E-state index in [1.807, 2.05) is 12.1 Å². The molecule has 2 aromatic rings. The lowest BCUT2D eigenvalue weighted by atomic mass is 10.1. The number of rotatable bonds is 3. The summed E-state index contributed by atoms with van der Waals surface area (Å²) >= 11 is 0. The second-order valence-electron chi connectivity index (χ2n) is 3.69. The van der Waals surface area contributed by atoms with Crippen LogP contribution in [0.4, 0.5) is 0 Å². The largest absolute Gasteiger partial charge is 0.497 e. The Labute approximate surface area is 99.1 Å². The van der Waals surface area contributed by atoms with Gasteiger partial charge in [0.1, 0.15) is 18.1 Å². The number of nitrogens with zero attached hydrogens (tertiary/aromatic N) is 1. The van der Waals surface area contributed by atoms with Gasteiger partial charge in [-0.1, -0.05) is 5.16 Å². The van der Waals surface area contributed by atoms with E-state index in [1.54, 1.807) is 19.2 Å². The molecule has 2 rings (SSSR count). The summed E-state index contributed by atoms with van der Waals surface area (Å²) in [5.74, 6) is 0.749. The normalized spacial score (nSPS) is 11.5. The molecule has 2 N–H and O–H groups in total. The summed E-state index contributed by atoms with van der Waals surface area (Å²) in [5.41, 5.74) is 1.51. The van der Waals surface area contributed by atoms with E-state index in [9.17, 15) is 9.79 Å². The van der Waals surface area contributed by atoms with Crippen molar-refractivity contribution in [3.05, 3.63) is 30.3 Å². The number of methoxy groups -OCH3 is 1. The number of benzene rings is 1. The summed E-state index contributed by atoms with van der Waals surface area (Å²) in [6.45, 7) is 1.32. The molecule has 0 fully saturated rings. The number of hydrogen-bond acceptors (Lipinski definition) is 5. The monoisotopic (exact) mass is 254 g/mol. The quantitative estimate of drug-likeness (QED) is 0.810. The lowest BCUT2D eigenvalue weighted by Crippen LogP contribution is -2.05. The molecule has 0 radical (unpaired) electrons. The average molecular weight is 254 g/mol. The van der Waals surface area contributed by atoms with Crippen LogP contribution in [0.3, 0.4) is 0 Å². The first-order valence-corrected chi connectivity index (χ1v) is 7.08. The Morgan fingerprint density at radius 2 is 1.88 bits per heavy atom. The van der Waals surface area contributed by atoms with E-state index in [2.05, 4.69) is 5.16 Å². The molecule has 90 valence electrons. The van der Waals surface area contributed by atoms with Crippen molar-refractivity contribution in [2.24, 2.45) is 0 Å². The van der Waals surface area contributed by atoms with Crippen molar-refractivity contribution in [2.45, 2.75) is 0 Å². The predicted molar refractivity (Wildman–Crippen MR) is 65.4 cm³/mol. The SMILES string of the molecule is COc1ccc(-c2cc([P+](C)(O)O)on2)cc1. The molecule has 0 saturated heterocycles. The van der Waals surface area contributed by atoms with Crippen LogP contribution in [0, 0.1) is 0 Å². The smallest absolute Gasteiger partial charge is 0.336 e. The summed E-state index contributed by atoms with van der Waals surface area (Å²) in [6, 6.07) is 8.79. The maximum atomic E-state index is 9.44. The zero-order valence-corrected chi connectivity index (χ0v) is 10.4. The second kappa shape index (κ2) is 4.45. The molecule has 0 unspecified atom stereocenters. The summed E-state index contributed by atoms with van der Waals surface area (Å²) in [4.78, 5) is 18.9. The molecule has 0 aliphatic heterocycles. The van der Waals surface area contributed by atoms with Crippen molar-refractivity contribution < 1.29 is 19.0 Å². The molecule has 1 heterocycles. The Balaban J connectivity index is 2.30. The third kappa shape index (κ3) is 2.64. The molecular formula is C11H13NO4P+. The number of hydrogen-bond donors (Lipinski definition) is 2. The number of ether oxygens (including phenoxy) is 1. The van der Waals surface area contributed by atoms with Crippen molar-refractivity contribution in [1.29, 1.82) is 0 Å². The molecule has 0 saturated carbocycles. The van der Waals surface area contributed by atoms with Crippen LogP contribution in [-0.4, -0.2) is 28.7 Å². The zero-order chi connectivity index (χ0) is 12.5. The summed E-state index contributed by atoms with van der Waals surface area (Å²) < 4.78 is 9.95. The summed E-state index contributed by atoms with van der Waals surface area (Å²) in [6.07, 6.45) is 0. The maximum absolute atomic E-state index is 9.44. The van der Waals surface area contributed by atoms with E-state index in [1.165, 1.54) is 12.7 Å². The molecule has 0 bridgehead atoms. The first-order chi connectivity index (χ1) is 8.00. The summed E-state index contributed by atoms with van der Waals surface area (Å²) in [5, 5.41) is 3.80. The fourth-order valence-corrected chi connectivity index (χ4v) is 1.93. The standard InChI is InChI=1S/C11H13NO4P/c1-15-9-5-3-8(4-6-9)10-7-11(16-12-10)17(2,13)14/h3-7,13-14H,1-2H3/q+1. The van der Waals surface area contributed by atoms with Crippen molar-refractivity contribution in [1.82, 2.24) is 5.16 Å². The second-order valence-corrected chi connectivity index (χ2v) is 5.96. The molecule has 6 heteroatoms. The highest BCUT2D eigenvalue weighted by Crippen LogP contribution is 2.44. The molecule has 0 aliphatic rings. The minimum absolute atomic E-state index is 0.114. The van der Waals surface area contributed by atoms with Crippen molar-refractivity contribution in [3.63, 3.8) is 0 Å². The Morgan fingerprint density at radius 3 is 2.35 bits per heavy atom. The molecule has 0 atom stereocenters. The third-order valence-electron chi connectivity index (χ3n) is 2.30. The Bertz CT molecular complexity index is 501. The molecule has 1 aromatic carbocycles. The first-order valence-electron chi connectivity index (χ1n) is 4.94. The van der Waals surface area contributed by atoms with Crippen LogP contribution >= 0.6 is 7.72 Å². The fraction of sp³-hybridized carbons (Fsp3) is 0.182. The van der Waals surface area contributed by atoms with E-state index in [-0.39, 0.29) is 5.50 Å².